The first-order valence-electron chi connectivity index (χ1n) is 36.2. The molecule has 0 spiro atoms. The molecule has 0 aliphatic carbocycles. The zero-order valence-electron chi connectivity index (χ0n) is 70.7. The fourth-order valence-electron chi connectivity index (χ4n) is 7.61. The monoisotopic (exact) mass is 2740 g/mol. The number of aldehydes is 2. The van der Waals surface area contributed by atoms with Crippen LogP contribution < -0.4 is 222 Å². The molecule has 684 valence electrons. The standard InChI is InChI=1S/C32H40O4S14.C24H36O4S8.2C5H10O2S.CH3F.CH2I2.2CO2.3Cs.3H2O2/c1-5-19-20(6-2)44-29(43-19)30-47-25-26(48-30)40-18-42-28-27(41-17-39-25)49-32(50-28)31-45-23(37-15-11-9-13-21(33)35-7-3)24(46-31)38-16-12-10-14-22(34)36-8-4;1-5-9-13-29-19-20(30-14-10-6-2)34-23(33-19)24-35-21(31-15-11-17(25)27-7-3)22(36-24)32-16-12-18(26)28-8-4;2*1-8(4-2-6)5-3-7;1-2;3*2-1-3;;;;3*1-2/h5-18H2,1-4H3;5-16H2,1-4H3;2*2,7H,1,3-5H2;1H3;1H2;;;;;;3*1-2H/q;;;;;;;;3*+1;;;/p-3/i;;;;1D;;;;;;;;;. The second kappa shape index (κ2) is 104. The van der Waals surface area contributed by atoms with Crippen LogP contribution >= 0.6 is 325 Å². The van der Waals surface area contributed by atoms with Gasteiger partial charge in [0.15, 0.2) is 0 Å². The van der Waals surface area contributed by atoms with Crippen LogP contribution in [0.3, 0.4) is 0 Å². The summed E-state index contributed by atoms with van der Waals surface area (Å²) in [5.41, 5.74) is 0. The summed E-state index contributed by atoms with van der Waals surface area (Å²) in [6.07, 6.45) is 14.9. The molecule has 52 heteroatoms. The Bertz CT molecular complexity index is 3190. The van der Waals surface area contributed by atoms with Crippen LogP contribution in [-0.4, -0.2) is 203 Å². The number of thioether (sulfide) groups is 22. The minimum Gasteiger partial charge on any atom is -0.727 e. The largest absolute Gasteiger partial charge is 1.00 e. The van der Waals surface area contributed by atoms with E-state index in [1.165, 1.54) is 107 Å². The predicted octanol–water partition coefficient (Wildman–Crippen LogP) is 13.6. The number of carbonyl (C=O) groups excluding carboxylic acids is 10. The normalized spacial score (nSPS) is 15.2. The first-order valence-corrected chi connectivity index (χ1v) is 61.6. The molecule has 5 N–H and O–H groups in total. The second-order valence-electron chi connectivity index (χ2n) is 20.6. The number of hydrogen-bond donors (Lipinski definition) is 5. The zero-order chi connectivity index (χ0) is 91.1. The number of unbranched alkanes of at least 4 members (excludes halogenated alkanes) is 4. The summed E-state index contributed by atoms with van der Waals surface area (Å²) in [6.45, 7) is 18.4. The minimum atomic E-state index is -1.00. The Kier molecular flexibility index (Phi) is 121. The van der Waals surface area contributed by atoms with Gasteiger partial charge in [0.05, 0.1) is 131 Å². The van der Waals surface area contributed by atoms with E-state index in [9.17, 15) is 33.2 Å². The number of rotatable bonds is 42. The molecule has 0 saturated carbocycles. The third-order valence-corrected chi connectivity index (χ3v) is 48.0. The summed E-state index contributed by atoms with van der Waals surface area (Å²) in [6, 6.07) is 0. The van der Waals surface area contributed by atoms with E-state index in [0.717, 1.165) is 72.8 Å². The van der Waals surface area contributed by atoms with Crippen LogP contribution in [0.5, 0.6) is 0 Å². The molecule has 0 aromatic carbocycles. The molecule has 0 amide bonds. The van der Waals surface area contributed by atoms with E-state index < -0.39 is 7.15 Å². The molecule has 0 aromatic rings. The number of esters is 4. The number of alkyl halides is 3. The molecular weight excluding hydrogens is 2630 g/mol. The Labute approximate surface area is 1020 Å². The van der Waals surface area contributed by atoms with E-state index in [1.807, 2.05) is 263 Å². The van der Waals surface area contributed by atoms with Gasteiger partial charge in [-0.2, -0.15) is 40.1 Å². The quantitative estimate of drug-likeness (QED) is 0.00436. The van der Waals surface area contributed by atoms with Gasteiger partial charge in [-0.1, -0.05) is 239 Å². The summed E-state index contributed by atoms with van der Waals surface area (Å²) in [7, 11) is -1.28. The SMILES string of the molecule is C=S(CC=O)CCO.C=S(CC=O)CCO.CCCCSC1=C(SCCCC)SC(=C2SC(SCCC(=O)OCC)=C(SCCC(=O)OCC)S2)S1.CCOC(=O)CCCCSC1=C(SCCCCC(=O)OCC)SC(=C2SC3=C(SCSC4=C(SCS3)SC(=C3SC(CC)=C(CC)S3)S4)S2)S1.ICI.O=C=O.O=C=O.[2H]CF.[Cs+].[Cs+].[Cs+].[O-]O.[O-]O.[O-]O. The summed E-state index contributed by atoms with van der Waals surface area (Å²) in [5.74, 6) is 14.8. The van der Waals surface area contributed by atoms with Crippen LogP contribution in [0.25, 0.3) is 0 Å². The third-order valence-electron chi connectivity index (χ3n) is 12.5. The van der Waals surface area contributed by atoms with Gasteiger partial charge >= 0.3 is 243 Å². The molecular formula is C70H104Cs3FI2O22S24. The van der Waals surface area contributed by atoms with Gasteiger partial charge in [0, 0.05) is 57.5 Å². The Balaban J connectivity index is -0.000000320. The molecule has 122 heavy (non-hydrogen) atoms. The van der Waals surface area contributed by atoms with E-state index in [-0.39, 0.29) is 277 Å². The van der Waals surface area contributed by atoms with Crippen molar-refractivity contribution in [1.82, 2.24) is 0 Å². The fourth-order valence-corrected chi connectivity index (χ4v) is 43.3. The Morgan fingerprint density at radius 3 is 0.869 bits per heavy atom. The molecule has 7 aliphatic heterocycles. The zero-order valence-corrected chi connectivity index (χ0v) is 112. The molecule has 0 bridgehead atoms. The van der Waals surface area contributed by atoms with E-state index in [1.54, 1.807) is 33.3 Å². The topological polar surface area (TPSA) is 378 Å². The average Bonchev–Trinajstić information content (AvgIpc) is 1.67. The van der Waals surface area contributed by atoms with Gasteiger partial charge in [-0.05, 0) is 112 Å². The number of hydrogen-bond acceptors (Lipinski definition) is 44. The second-order valence-corrected chi connectivity index (χ2v) is 56.9. The van der Waals surface area contributed by atoms with Crippen molar-refractivity contribution in [2.75, 3.05) is 117 Å². The van der Waals surface area contributed by atoms with Crippen molar-refractivity contribution in [3.63, 3.8) is 0 Å². The summed E-state index contributed by atoms with van der Waals surface area (Å²) in [4.78, 5) is 102. The summed E-state index contributed by atoms with van der Waals surface area (Å²) < 4.78 is 59.6. The first kappa shape index (κ1) is 142. The first-order chi connectivity index (χ1) is 58.2. The molecule has 7 heterocycles. The van der Waals surface area contributed by atoms with Gasteiger partial charge in [-0.3, -0.25) is 23.6 Å². The molecule has 7 rings (SSSR count). The minimum absolute atomic E-state index is 0. The molecule has 0 saturated heterocycles. The van der Waals surface area contributed by atoms with Gasteiger partial charge in [0.1, 0.15) is 12.6 Å². The Morgan fingerprint density at radius 1 is 0.426 bits per heavy atom. The number of ether oxygens (including phenoxy) is 4. The van der Waals surface area contributed by atoms with Crippen molar-refractivity contribution in [3.05, 3.63) is 77.6 Å². The summed E-state index contributed by atoms with van der Waals surface area (Å²) >= 11 is 47.2. The van der Waals surface area contributed by atoms with Gasteiger partial charge in [-0.15, -0.1) is 118 Å². The van der Waals surface area contributed by atoms with E-state index in [2.05, 4.69) is 84.6 Å². The average molecular weight is 2740 g/mol. The maximum atomic E-state index is 11.8. The van der Waals surface area contributed by atoms with Crippen molar-refractivity contribution in [2.24, 2.45) is 0 Å². The van der Waals surface area contributed by atoms with E-state index in [0.29, 0.717) is 86.6 Å². The number of aliphatic hydroxyl groups is 2. The van der Waals surface area contributed by atoms with Gasteiger partial charge < -0.3 is 70.3 Å². The van der Waals surface area contributed by atoms with Crippen LogP contribution in [0.15, 0.2) is 77.6 Å². The molecule has 0 aromatic heterocycles. The molecule has 22 nitrogen and oxygen atoms in total. The third kappa shape index (κ3) is 72.3. The van der Waals surface area contributed by atoms with E-state index >= 15 is 0 Å². The van der Waals surface area contributed by atoms with E-state index in [4.69, 9.17) is 81.3 Å². The van der Waals surface area contributed by atoms with Crippen LogP contribution in [-0.2, 0) is 66.9 Å². The molecule has 0 fully saturated rings. The number of carbonyl (C=O) groups is 6. The number of halogens is 3. The van der Waals surface area contributed by atoms with Crippen molar-refractivity contribution >= 4 is 385 Å². The van der Waals surface area contributed by atoms with Crippen molar-refractivity contribution in [2.45, 2.75) is 145 Å². The maximum Gasteiger partial charge on any atom is 1.00 e. The molecule has 0 radical (unpaired) electrons. The maximum absolute atomic E-state index is 11.8. The Morgan fingerprint density at radius 2 is 0.648 bits per heavy atom. The summed E-state index contributed by atoms with van der Waals surface area (Å²) in [5, 5.41) is 57.7. The van der Waals surface area contributed by atoms with Gasteiger partial charge in [0.2, 0.25) is 0 Å². The van der Waals surface area contributed by atoms with Crippen LogP contribution in [0.4, 0.5) is 4.39 Å². The Hall–Kier alpha value is 9.01. The number of allylic oxidation sites excluding steroid dienone is 2. The fraction of sp³-hybridized carbons (Fsp3) is 0.600. The van der Waals surface area contributed by atoms with Gasteiger partial charge in [0.25, 0.3) is 0 Å². The van der Waals surface area contributed by atoms with Crippen molar-refractivity contribution < 1.29 is 321 Å². The van der Waals surface area contributed by atoms with Crippen molar-refractivity contribution in [3.8, 4) is 0 Å². The van der Waals surface area contributed by atoms with Gasteiger partial charge in [-0.25, -0.2) is 0 Å². The van der Waals surface area contributed by atoms with Crippen molar-refractivity contribution in [1.29, 1.82) is 0 Å². The van der Waals surface area contributed by atoms with Crippen LogP contribution in [0.2, 0.25) is 0 Å². The predicted molar refractivity (Wildman–Crippen MR) is 556 cm³/mol. The molecule has 2 atom stereocenters. The molecule has 2 unspecified atom stereocenters. The smallest absolute Gasteiger partial charge is 0.727 e. The van der Waals surface area contributed by atoms with Crippen LogP contribution in [0, 0.1) is 0 Å². The molecule has 7 aliphatic rings. The van der Waals surface area contributed by atoms with Crippen LogP contribution in [0.1, 0.15) is 147 Å². The number of aliphatic hydroxyl groups excluding tert-OH is 2.